The SMILES string of the molecule is Nc1ccc(-c2nc(C(=O)Nc3ccc(Br)cc3)co2)cn1. The Morgan fingerprint density at radius 3 is 2.64 bits per heavy atom. The summed E-state index contributed by atoms with van der Waals surface area (Å²) in [5, 5.41) is 2.74. The maximum Gasteiger partial charge on any atom is 0.277 e. The fraction of sp³-hybridized carbons (Fsp3) is 0. The second-order valence-corrected chi connectivity index (χ2v) is 5.39. The number of rotatable bonds is 3. The summed E-state index contributed by atoms with van der Waals surface area (Å²) in [5.41, 5.74) is 7.04. The summed E-state index contributed by atoms with van der Waals surface area (Å²) in [6.07, 6.45) is 2.84. The Morgan fingerprint density at radius 2 is 1.95 bits per heavy atom. The van der Waals surface area contributed by atoms with Crippen LogP contribution in [0.1, 0.15) is 10.5 Å². The van der Waals surface area contributed by atoms with Gasteiger partial charge in [0, 0.05) is 16.4 Å². The summed E-state index contributed by atoms with van der Waals surface area (Å²) in [6, 6.07) is 10.6. The molecule has 0 spiro atoms. The number of amides is 1. The first kappa shape index (κ1) is 14.3. The fourth-order valence-corrected chi connectivity index (χ4v) is 2.04. The lowest BCUT2D eigenvalue weighted by Crippen LogP contribution is -2.12. The van der Waals surface area contributed by atoms with Gasteiger partial charge >= 0.3 is 0 Å². The number of anilines is 2. The Morgan fingerprint density at radius 1 is 1.18 bits per heavy atom. The maximum atomic E-state index is 12.1. The van der Waals surface area contributed by atoms with Crippen molar-refractivity contribution >= 4 is 33.3 Å². The van der Waals surface area contributed by atoms with Gasteiger partial charge in [-0.15, -0.1) is 0 Å². The second-order valence-electron chi connectivity index (χ2n) is 4.47. The number of nitrogens with one attached hydrogen (secondary N) is 1. The quantitative estimate of drug-likeness (QED) is 0.748. The molecule has 0 aliphatic carbocycles. The zero-order valence-corrected chi connectivity index (χ0v) is 12.9. The topological polar surface area (TPSA) is 94.0 Å². The summed E-state index contributed by atoms with van der Waals surface area (Å²) in [4.78, 5) is 20.2. The first-order valence-electron chi connectivity index (χ1n) is 6.36. The predicted molar refractivity (Wildman–Crippen MR) is 86.2 cm³/mol. The molecule has 110 valence electrons. The monoisotopic (exact) mass is 358 g/mol. The van der Waals surface area contributed by atoms with Crippen LogP contribution in [0.15, 0.2) is 57.7 Å². The standard InChI is InChI=1S/C15H11BrN4O2/c16-10-2-4-11(5-3-10)19-14(21)12-8-22-15(20-12)9-1-6-13(17)18-7-9/h1-8H,(H2,17,18)(H,19,21). The van der Waals surface area contributed by atoms with Gasteiger partial charge in [-0.2, -0.15) is 0 Å². The minimum atomic E-state index is -0.347. The van der Waals surface area contributed by atoms with Gasteiger partial charge in [0.15, 0.2) is 5.69 Å². The van der Waals surface area contributed by atoms with Gasteiger partial charge in [0.1, 0.15) is 12.1 Å². The minimum absolute atomic E-state index is 0.190. The van der Waals surface area contributed by atoms with Crippen molar-refractivity contribution in [3.8, 4) is 11.5 Å². The number of oxazole rings is 1. The molecule has 2 heterocycles. The molecular formula is C15H11BrN4O2. The van der Waals surface area contributed by atoms with Crippen LogP contribution in [0, 0.1) is 0 Å². The van der Waals surface area contributed by atoms with E-state index in [2.05, 4.69) is 31.2 Å². The maximum absolute atomic E-state index is 12.1. The average Bonchev–Trinajstić information content (AvgIpc) is 3.00. The molecule has 2 aromatic heterocycles. The molecule has 3 rings (SSSR count). The van der Waals surface area contributed by atoms with Gasteiger partial charge in [-0.05, 0) is 36.4 Å². The van der Waals surface area contributed by atoms with E-state index in [0.717, 1.165) is 4.47 Å². The molecule has 0 fully saturated rings. The van der Waals surface area contributed by atoms with Crippen LogP contribution < -0.4 is 11.1 Å². The Kier molecular flexibility index (Phi) is 3.88. The third-order valence-electron chi connectivity index (χ3n) is 2.87. The van der Waals surface area contributed by atoms with Crippen LogP contribution in [-0.4, -0.2) is 15.9 Å². The zero-order chi connectivity index (χ0) is 15.5. The van der Waals surface area contributed by atoms with E-state index >= 15 is 0 Å². The van der Waals surface area contributed by atoms with Crippen molar-refractivity contribution in [3.63, 3.8) is 0 Å². The van der Waals surface area contributed by atoms with Crippen LogP contribution in [0.5, 0.6) is 0 Å². The Hall–Kier alpha value is -2.67. The number of benzene rings is 1. The van der Waals surface area contributed by atoms with Gasteiger partial charge in [0.25, 0.3) is 5.91 Å². The van der Waals surface area contributed by atoms with Crippen LogP contribution in [0.3, 0.4) is 0 Å². The first-order valence-corrected chi connectivity index (χ1v) is 7.15. The number of nitrogen functional groups attached to an aromatic ring is 1. The van der Waals surface area contributed by atoms with Gasteiger partial charge in [0.2, 0.25) is 5.89 Å². The predicted octanol–water partition coefficient (Wildman–Crippen LogP) is 3.33. The molecule has 3 N–H and O–H groups in total. The Labute approximate surface area is 134 Å². The van der Waals surface area contributed by atoms with Gasteiger partial charge in [-0.25, -0.2) is 9.97 Å². The lowest BCUT2D eigenvalue weighted by molar-refractivity contribution is 0.102. The number of halogens is 1. The van der Waals surface area contributed by atoms with Crippen LogP contribution in [0.2, 0.25) is 0 Å². The summed E-state index contributed by atoms with van der Waals surface area (Å²) in [5.74, 6) is 0.373. The molecule has 0 atom stereocenters. The highest BCUT2D eigenvalue weighted by molar-refractivity contribution is 9.10. The molecule has 0 aliphatic rings. The smallest absolute Gasteiger partial charge is 0.277 e. The molecule has 22 heavy (non-hydrogen) atoms. The normalized spacial score (nSPS) is 10.4. The van der Waals surface area contributed by atoms with Gasteiger partial charge in [-0.1, -0.05) is 15.9 Å². The van der Waals surface area contributed by atoms with Crippen molar-refractivity contribution in [2.24, 2.45) is 0 Å². The van der Waals surface area contributed by atoms with Crippen molar-refractivity contribution in [2.75, 3.05) is 11.1 Å². The number of carbonyl (C=O) groups is 1. The molecule has 7 heteroatoms. The van der Waals surface area contributed by atoms with Gasteiger partial charge in [0.05, 0.1) is 5.56 Å². The molecular weight excluding hydrogens is 348 g/mol. The van der Waals surface area contributed by atoms with Crippen molar-refractivity contribution in [2.45, 2.75) is 0 Å². The van der Waals surface area contributed by atoms with E-state index in [-0.39, 0.29) is 11.6 Å². The highest BCUT2D eigenvalue weighted by Crippen LogP contribution is 2.19. The zero-order valence-electron chi connectivity index (χ0n) is 11.3. The van der Waals surface area contributed by atoms with Crippen LogP contribution in [0.25, 0.3) is 11.5 Å². The van der Waals surface area contributed by atoms with Crippen molar-refractivity contribution in [3.05, 3.63) is 59.0 Å². The number of nitrogens with zero attached hydrogens (tertiary/aromatic N) is 2. The molecule has 0 unspecified atom stereocenters. The van der Waals surface area contributed by atoms with Crippen LogP contribution in [-0.2, 0) is 0 Å². The highest BCUT2D eigenvalue weighted by atomic mass is 79.9. The average molecular weight is 359 g/mol. The number of aromatic nitrogens is 2. The molecule has 1 amide bonds. The van der Waals surface area contributed by atoms with Crippen LogP contribution in [0.4, 0.5) is 11.5 Å². The molecule has 0 aliphatic heterocycles. The second kappa shape index (κ2) is 5.98. The first-order chi connectivity index (χ1) is 10.6. The molecule has 0 saturated carbocycles. The molecule has 0 bridgehead atoms. The van der Waals surface area contributed by atoms with Crippen molar-refractivity contribution < 1.29 is 9.21 Å². The minimum Gasteiger partial charge on any atom is -0.444 e. The molecule has 1 aromatic carbocycles. The molecule has 0 saturated heterocycles. The number of pyridine rings is 1. The number of hydrogen-bond donors (Lipinski definition) is 2. The lowest BCUT2D eigenvalue weighted by Gasteiger charge is -2.02. The Bertz CT molecular complexity index is 797. The van der Waals surface area contributed by atoms with E-state index in [0.29, 0.717) is 23.0 Å². The molecule has 6 nitrogen and oxygen atoms in total. The number of carbonyl (C=O) groups excluding carboxylic acids is 1. The molecule has 3 aromatic rings. The number of hydrogen-bond acceptors (Lipinski definition) is 5. The third kappa shape index (κ3) is 3.15. The number of nitrogens with two attached hydrogens (primary N) is 1. The van der Waals surface area contributed by atoms with E-state index in [4.69, 9.17) is 10.2 Å². The summed E-state index contributed by atoms with van der Waals surface area (Å²) >= 11 is 3.34. The van der Waals surface area contributed by atoms with E-state index < -0.39 is 0 Å². The molecule has 0 radical (unpaired) electrons. The summed E-state index contributed by atoms with van der Waals surface area (Å²) in [7, 11) is 0. The fourth-order valence-electron chi connectivity index (χ4n) is 1.77. The van der Waals surface area contributed by atoms with E-state index in [9.17, 15) is 4.79 Å². The summed E-state index contributed by atoms with van der Waals surface area (Å²) in [6.45, 7) is 0. The summed E-state index contributed by atoms with van der Waals surface area (Å²) < 4.78 is 6.24. The van der Waals surface area contributed by atoms with E-state index in [1.807, 2.05) is 12.1 Å². The Balaban J connectivity index is 1.76. The van der Waals surface area contributed by atoms with Gasteiger partial charge in [-0.3, -0.25) is 4.79 Å². The highest BCUT2D eigenvalue weighted by Gasteiger charge is 2.13. The van der Waals surface area contributed by atoms with Crippen molar-refractivity contribution in [1.29, 1.82) is 0 Å². The van der Waals surface area contributed by atoms with Crippen molar-refractivity contribution in [1.82, 2.24) is 9.97 Å². The van der Waals surface area contributed by atoms with E-state index in [1.54, 1.807) is 24.3 Å². The lowest BCUT2D eigenvalue weighted by atomic mass is 10.3. The van der Waals surface area contributed by atoms with Crippen LogP contribution >= 0.6 is 15.9 Å². The largest absolute Gasteiger partial charge is 0.444 e. The third-order valence-corrected chi connectivity index (χ3v) is 3.40. The van der Waals surface area contributed by atoms with Gasteiger partial charge < -0.3 is 15.5 Å². The van der Waals surface area contributed by atoms with E-state index in [1.165, 1.54) is 12.5 Å².